The summed E-state index contributed by atoms with van der Waals surface area (Å²) in [6.45, 7) is 5.86. The number of phenolic OH excluding ortho intramolecular Hbond substituents is 1. The first-order chi connectivity index (χ1) is 9.99. The van der Waals surface area contributed by atoms with E-state index in [1.165, 1.54) is 0 Å². The third-order valence-electron chi connectivity index (χ3n) is 3.29. The fraction of sp³-hybridized carbons (Fsp3) is 0.167. The van der Waals surface area contributed by atoms with Crippen molar-refractivity contribution in [3.8, 4) is 5.75 Å². The van der Waals surface area contributed by atoms with Crippen LogP contribution in [0.2, 0.25) is 0 Å². The Hall–Kier alpha value is -2.55. The van der Waals surface area contributed by atoms with Crippen LogP contribution < -0.4 is 0 Å². The van der Waals surface area contributed by atoms with E-state index in [4.69, 9.17) is 0 Å². The first-order valence-corrected chi connectivity index (χ1v) is 6.78. The molecule has 0 atom stereocenters. The van der Waals surface area contributed by atoms with Gasteiger partial charge in [0.1, 0.15) is 11.5 Å². The van der Waals surface area contributed by atoms with Crippen molar-refractivity contribution in [3.05, 3.63) is 70.3 Å². The molecule has 0 amide bonds. The van der Waals surface area contributed by atoms with E-state index in [2.05, 4.69) is 11.2 Å². The first-order valence-electron chi connectivity index (χ1n) is 6.78. The van der Waals surface area contributed by atoms with Crippen molar-refractivity contribution in [2.24, 2.45) is 5.16 Å². The van der Waals surface area contributed by atoms with E-state index >= 15 is 0 Å². The molecule has 0 aromatic heterocycles. The highest BCUT2D eigenvalue weighted by molar-refractivity contribution is 6.10. The molecule has 0 aliphatic heterocycles. The van der Waals surface area contributed by atoms with Gasteiger partial charge in [-0.25, -0.2) is 0 Å². The number of oxime groups is 1. The standard InChI is InChI=1S/C18H19NO2/c1-12-8-13(2)10-16(9-12)17(19-21)7-6-15-5-4-14(3)18(20)11-15/h4-11,20-21H,1-3H3/b7-6+,19-17?. The molecular formula is C18H19NO2. The summed E-state index contributed by atoms with van der Waals surface area (Å²) in [5.41, 5.74) is 5.27. The monoisotopic (exact) mass is 281 g/mol. The van der Waals surface area contributed by atoms with Crippen molar-refractivity contribution >= 4 is 11.8 Å². The Balaban J connectivity index is 2.30. The molecule has 0 aliphatic carbocycles. The van der Waals surface area contributed by atoms with Crippen LogP contribution in [0.3, 0.4) is 0 Å². The zero-order valence-corrected chi connectivity index (χ0v) is 12.5. The molecule has 2 aromatic rings. The molecule has 108 valence electrons. The Morgan fingerprint density at radius 1 is 1.00 bits per heavy atom. The molecule has 21 heavy (non-hydrogen) atoms. The summed E-state index contributed by atoms with van der Waals surface area (Å²) >= 11 is 0. The van der Waals surface area contributed by atoms with E-state index in [0.29, 0.717) is 5.71 Å². The quantitative estimate of drug-likeness (QED) is 0.503. The van der Waals surface area contributed by atoms with Gasteiger partial charge in [-0.15, -0.1) is 0 Å². The minimum absolute atomic E-state index is 0.256. The second-order valence-electron chi connectivity index (χ2n) is 5.24. The molecule has 0 saturated carbocycles. The largest absolute Gasteiger partial charge is 0.508 e. The SMILES string of the molecule is Cc1cc(C)cc(C(/C=C/c2ccc(C)c(O)c2)=NO)c1. The summed E-state index contributed by atoms with van der Waals surface area (Å²) in [6.07, 6.45) is 3.55. The third-order valence-corrected chi connectivity index (χ3v) is 3.29. The zero-order chi connectivity index (χ0) is 15.4. The smallest absolute Gasteiger partial charge is 0.119 e. The summed E-state index contributed by atoms with van der Waals surface area (Å²) in [5.74, 6) is 0.256. The number of phenols is 1. The van der Waals surface area contributed by atoms with E-state index in [0.717, 1.165) is 27.8 Å². The molecule has 0 fully saturated rings. The van der Waals surface area contributed by atoms with Crippen molar-refractivity contribution in [3.63, 3.8) is 0 Å². The third kappa shape index (κ3) is 3.72. The van der Waals surface area contributed by atoms with Crippen LogP contribution in [0.1, 0.15) is 27.8 Å². The average molecular weight is 281 g/mol. The lowest BCUT2D eigenvalue weighted by atomic mass is 10.0. The van der Waals surface area contributed by atoms with E-state index in [-0.39, 0.29) is 5.75 Å². The average Bonchev–Trinajstić information content (AvgIpc) is 2.42. The van der Waals surface area contributed by atoms with Crippen molar-refractivity contribution in [1.82, 2.24) is 0 Å². The summed E-state index contributed by atoms with van der Waals surface area (Å²) < 4.78 is 0. The van der Waals surface area contributed by atoms with E-state index in [1.54, 1.807) is 12.1 Å². The molecule has 3 nitrogen and oxygen atoms in total. The second kappa shape index (κ2) is 6.27. The highest BCUT2D eigenvalue weighted by Gasteiger charge is 2.03. The van der Waals surface area contributed by atoms with Crippen LogP contribution in [-0.2, 0) is 0 Å². The highest BCUT2D eigenvalue weighted by atomic mass is 16.4. The Morgan fingerprint density at radius 3 is 2.24 bits per heavy atom. The molecule has 0 radical (unpaired) electrons. The molecular weight excluding hydrogens is 262 g/mol. The summed E-state index contributed by atoms with van der Waals surface area (Å²) in [4.78, 5) is 0. The van der Waals surface area contributed by atoms with Gasteiger partial charge in [-0.1, -0.05) is 40.6 Å². The fourth-order valence-corrected chi connectivity index (χ4v) is 2.22. The maximum Gasteiger partial charge on any atom is 0.119 e. The summed E-state index contributed by atoms with van der Waals surface area (Å²) in [6, 6.07) is 11.4. The maximum atomic E-state index is 9.70. The molecule has 2 aromatic carbocycles. The summed E-state index contributed by atoms with van der Waals surface area (Å²) in [7, 11) is 0. The van der Waals surface area contributed by atoms with Crippen molar-refractivity contribution in [2.75, 3.05) is 0 Å². The maximum absolute atomic E-state index is 9.70. The molecule has 0 heterocycles. The number of hydrogen-bond donors (Lipinski definition) is 2. The van der Waals surface area contributed by atoms with Crippen molar-refractivity contribution < 1.29 is 10.3 Å². The van der Waals surface area contributed by atoms with Gasteiger partial charge in [0.05, 0.1) is 0 Å². The normalized spacial score (nSPS) is 12.0. The van der Waals surface area contributed by atoms with Crippen LogP contribution >= 0.6 is 0 Å². The Kier molecular flexibility index (Phi) is 4.43. The van der Waals surface area contributed by atoms with Crippen LogP contribution in [0.25, 0.3) is 6.08 Å². The molecule has 2 N–H and O–H groups in total. The zero-order valence-electron chi connectivity index (χ0n) is 12.5. The lowest BCUT2D eigenvalue weighted by Gasteiger charge is -2.04. The minimum atomic E-state index is 0.256. The molecule has 2 rings (SSSR count). The lowest BCUT2D eigenvalue weighted by molar-refractivity contribution is 0.320. The van der Waals surface area contributed by atoms with E-state index in [1.807, 2.05) is 51.1 Å². The number of rotatable bonds is 3. The van der Waals surface area contributed by atoms with E-state index < -0.39 is 0 Å². The Bertz CT molecular complexity index is 695. The number of aromatic hydroxyl groups is 1. The topological polar surface area (TPSA) is 52.8 Å². The van der Waals surface area contributed by atoms with Gasteiger partial charge in [0.15, 0.2) is 0 Å². The Morgan fingerprint density at radius 2 is 1.67 bits per heavy atom. The van der Waals surface area contributed by atoms with Gasteiger partial charge in [0.2, 0.25) is 0 Å². The van der Waals surface area contributed by atoms with E-state index in [9.17, 15) is 10.3 Å². The fourth-order valence-electron chi connectivity index (χ4n) is 2.22. The predicted octanol–water partition coefficient (Wildman–Crippen LogP) is 4.21. The van der Waals surface area contributed by atoms with Gasteiger partial charge in [-0.2, -0.15) is 0 Å². The highest BCUT2D eigenvalue weighted by Crippen LogP contribution is 2.19. The molecule has 0 bridgehead atoms. The van der Waals surface area contributed by atoms with Crippen LogP contribution in [0.15, 0.2) is 47.6 Å². The second-order valence-corrected chi connectivity index (χ2v) is 5.24. The number of aryl methyl sites for hydroxylation is 3. The van der Waals surface area contributed by atoms with Crippen LogP contribution in [0, 0.1) is 20.8 Å². The minimum Gasteiger partial charge on any atom is -0.508 e. The number of nitrogens with zero attached hydrogens (tertiary/aromatic N) is 1. The molecule has 3 heteroatoms. The van der Waals surface area contributed by atoms with Gasteiger partial charge in [0, 0.05) is 5.56 Å². The Labute approximate surface area is 124 Å². The number of allylic oxidation sites excluding steroid dienone is 1. The first kappa shape index (κ1) is 14.9. The van der Waals surface area contributed by atoms with Gasteiger partial charge < -0.3 is 10.3 Å². The number of benzene rings is 2. The molecule has 0 aliphatic rings. The van der Waals surface area contributed by atoms with Gasteiger partial charge in [-0.3, -0.25) is 0 Å². The summed E-state index contributed by atoms with van der Waals surface area (Å²) in [5, 5.41) is 22.3. The van der Waals surface area contributed by atoms with Gasteiger partial charge in [-0.05, 0) is 56.2 Å². The molecule has 0 spiro atoms. The van der Waals surface area contributed by atoms with Crippen LogP contribution in [-0.4, -0.2) is 16.0 Å². The van der Waals surface area contributed by atoms with Crippen LogP contribution in [0.5, 0.6) is 5.75 Å². The van der Waals surface area contributed by atoms with Gasteiger partial charge >= 0.3 is 0 Å². The van der Waals surface area contributed by atoms with Crippen molar-refractivity contribution in [2.45, 2.75) is 20.8 Å². The lowest BCUT2D eigenvalue weighted by Crippen LogP contribution is -1.98. The molecule has 0 saturated heterocycles. The van der Waals surface area contributed by atoms with Gasteiger partial charge in [0.25, 0.3) is 0 Å². The van der Waals surface area contributed by atoms with Crippen molar-refractivity contribution in [1.29, 1.82) is 0 Å². The predicted molar refractivity (Wildman–Crippen MR) is 86.1 cm³/mol. The molecule has 0 unspecified atom stereocenters. The van der Waals surface area contributed by atoms with Crippen LogP contribution in [0.4, 0.5) is 0 Å². The number of hydrogen-bond acceptors (Lipinski definition) is 3.